The van der Waals surface area contributed by atoms with Gasteiger partial charge in [-0.25, -0.2) is 4.98 Å². The standard InChI is InChI=1S/C20H13ClN2O4/c21-15-4-2-1-3-12(15)11-5-6-13-14(10-22)20(27)19(23-16(13)9-11)17(24)7-8-18(25)26/h1-6,9,27H,7-8H2,(H,25,26). The van der Waals surface area contributed by atoms with Gasteiger partial charge >= 0.3 is 5.97 Å². The number of nitrogens with zero attached hydrogens (tertiary/aromatic N) is 2. The maximum atomic E-state index is 12.3. The highest BCUT2D eigenvalue weighted by Gasteiger charge is 2.21. The average Bonchev–Trinajstić information content (AvgIpc) is 2.65. The zero-order valence-electron chi connectivity index (χ0n) is 13.9. The molecular formula is C20H13ClN2O4. The number of halogens is 1. The summed E-state index contributed by atoms with van der Waals surface area (Å²) in [5.41, 5.74) is 1.44. The molecule has 134 valence electrons. The number of pyridine rings is 1. The maximum Gasteiger partial charge on any atom is 0.303 e. The SMILES string of the molecule is N#Cc1c(O)c(C(=O)CCC(=O)O)nc2cc(-c3ccccc3Cl)ccc12. The number of benzene rings is 2. The van der Waals surface area contributed by atoms with Gasteiger partial charge in [0.2, 0.25) is 0 Å². The fourth-order valence-electron chi connectivity index (χ4n) is 2.76. The molecule has 0 fully saturated rings. The first-order valence-electron chi connectivity index (χ1n) is 7.99. The van der Waals surface area contributed by atoms with Crippen LogP contribution in [0.3, 0.4) is 0 Å². The predicted octanol–water partition coefficient (Wildman–Crippen LogP) is 4.18. The van der Waals surface area contributed by atoms with Crippen LogP contribution in [-0.2, 0) is 4.79 Å². The lowest BCUT2D eigenvalue weighted by Crippen LogP contribution is -2.07. The summed E-state index contributed by atoms with van der Waals surface area (Å²) in [4.78, 5) is 27.2. The Hall–Kier alpha value is -3.43. The Labute approximate surface area is 159 Å². The molecule has 0 aliphatic carbocycles. The van der Waals surface area contributed by atoms with Crippen LogP contribution in [0.1, 0.15) is 28.9 Å². The van der Waals surface area contributed by atoms with E-state index in [1.165, 1.54) is 0 Å². The Morgan fingerprint density at radius 2 is 1.89 bits per heavy atom. The van der Waals surface area contributed by atoms with Gasteiger partial charge in [-0.15, -0.1) is 0 Å². The van der Waals surface area contributed by atoms with Crippen molar-refractivity contribution in [1.82, 2.24) is 4.98 Å². The third-order valence-corrected chi connectivity index (χ3v) is 4.42. The normalized spacial score (nSPS) is 10.5. The number of fused-ring (bicyclic) bond motifs is 1. The number of carboxylic acid groups (broad SMARTS) is 1. The fourth-order valence-corrected chi connectivity index (χ4v) is 3.01. The number of carboxylic acids is 1. The average molecular weight is 381 g/mol. The van der Waals surface area contributed by atoms with Gasteiger partial charge in [0.1, 0.15) is 17.3 Å². The van der Waals surface area contributed by atoms with Gasteiger partial charge in [-0.2, -0.15) is 5.26 Å². The number of rotatable bonds is 5. The second-order valence-corrected chi connectivity index (χ2v) is 6.23. The number of carbonyl (C=O) groups is 2. The van der Waals surface area contributed by atoms with Crippen molar-refractivity contribution < 1.29 is 19.8 Å². The van der Waals surface area contributed by atoms with Crippen LogP contribution in [-0.4, -0.2) is 26.9 Å². The van der Waals surface area contributed by atoms with Crippen molar-refractivity contribution in [2.24, 2.45) is 0 Å². The zero-order chi connectivity index (χ0) is 19.6. The monoisotopic (exact) mass is 380 g/mol. The van der Waals surface area contributed by atoms with Crippen molar-refractivity contribution >= 4 is 34.3 Å². The molecule has 0 spiro atoms. The van der Waals surface area contributed by atoms with Crippen LogP contribution in [0.15, 0.2) is 42.5 Å². The number of aromatic hydroxyl groups is 1. The molecule has 3 aromatic rings. The molecule has 0 amide bonds. The molecule has 2 aromatic carbocycles. The molecule has 0 radical (unpaired) electrons. The van der Waals surface area contributed by atoms with E-state index in [0.29, 0.717) is 15.9 Å². The first kappa shape index (κ1) is 18.4. The number of ketones is 1. The molecule has 27 heavy (non-hydrogen) atoms. The van der Waals surface area contributed by atoms with Crippen molar-refractivity contribution in [1.29, 1.82) is 5.26 Å². The van der Waals surface area contributed by atoms with E-state index in [9.17, 15) is 20.0 Å². The Balaban J connectivity index is 2.17. The molecule has 7 heteroatoms. The molecule has 0 aliphatic heterocycles. The van der Waals surface area contributed by atoms with Crippen molar-refractivity contribution in [3.63, 3.8) is 0 Å². The van der Waals surface area contributed by atoms with E-state index in [0.717, 1.165) is 11.1 Å². The highest BCUT2D eigenvalue weighted by Crippen LogP contribution is 2.34. The van der Waals surface area contributed by atoms with Gasteiger partial charge in [0.25, 0.3) is 0 Å². The molecular weight excluding hydrogens is 368 g/mol. The molecule has 2 N–H and O–H groups in total. The van der Waals surface area contributed by atoms with Gasteiger partial charge in [0.15, 0.2) is 11.5 Å². The van der Waals surface area contributed by atoms with Crippen molar-refractivity contribution in [2.45, 2.75) is 12.8 Å². The van der Waals surface area contributed by atoms with E-state index < -0.39 is 17.5 Å². The lowest BCUT2D eigenvalue weighted by Gasteiger charge is -2.10. The number of aromatic nitrogens is 1. The van der Waals surface area contributed by atoms with Gasteiger partial charge in [0.05, 0.1) is 11.9 Å². The number of nitriles is 1. The zero-order valence-corrected chi connectivity index (χ0v) is 14.7. The van der Waals surface area contributed by atoms with Crippen LogP contribution in [0.5, 0.6) is 5.75 Å². The number of hydrogen-bond acceptors (Lipinski definition) is 5. The smallest absolute Gasteiger partial charge is 0.303 e. The van der Waals surface area contributed by atoms with Crippen LogP contribution in [0.4, 0.5) is 0 Å². The van der Waals surface area contributed by atoms with E-state index in [2.05, 4.69) is 4.98 Å². The van der Waals surface area contributed by atoms with Crippen molar-refractivity contribution in [2.75, 3.05) is 0 Å². The Bertz CT molecular complexity index is 1120. The quantitative estimate of drug-likeness (QED) is 0.642. The summed E-state index contributed by atoms with van der Waals surface area (Å²) in [5, 5.41) is 29.4. The van der Waals surface area contributed by atoms with E-state index in [1.807, 2.05) is 18.2 Å². The fraction of sp³-hybridized carbons (Fsp3) is 0.100. The lowest BCUT2D eigenvalue weighted by atomic mass is 9.99. The number of hydrogen-bond donors (Lipinski definition) is 2. The lowest BCUT2D eigenvalue weighted by molar-refractivity contribution is -0.136. The van der Waals surface area contributed by atoms with Crippen molar-refractivity contribution in [3.8, 4) is 22.9 Å². The molecule has 6 nitrogen and oxygen atoms in total. The van der Waals surface area contributed by atoms with Crippen LogP contribution in [0.25, 0.3) is 22.0 Å². The number of aliphatic carboxylic acids is 1. The molecule has 0 saturated heterocycles. The molecule has 0 atom stereocenters. The molecule has 0 saturated carbocycles. The summed E-state index contributed by atoms with van der Waals surface area (Å²) in [6.07, 6.45) is -0.712. The van der Waals surface area contributed by atoms with Crippen molar-refractivity contribution in [3.05, 3.63) is 58.7 Å². The number of Topliss-reactive ketones (excluding diaryl/α,β-unsaturated/α-hetero) is 1. The molecule has 0 bridgehead atoms. The Morgan fingerprint density at radius 3 is 2.56 bits per heavy atom. The first-order chi connectivity index (χ1) is 12.9. The summed E-state index contributed by atoms with van der Waals surface area (Å²) in [7, 11) is 0. The molecule has 3 rings (SSSR count). The van der Waals surface area contributed by atoms with Gasteiger partial charge in [-0.1, -0.05) is 41.9 Å². The minimum atomic E-state index is -1.13. The second-order valence-electron chi connectivity index (χ2n) is 5.82. The third-order valence-electron chi connectivity index (χ3n) is 4.09. The molecule has 1 aromatic heterocycles. The molecule has 0 unspecified atom stereocenters. The van der Waals surface area contributed by atoms with E-state index in [1.54, 1.807) is 30.3 Å². The Kier molecular flexibility index (Phi) is 5.06. The topological polar surface area (TPSA) is 111 Å². The van der Waals surface area contributed by atoms with Gasteiger partial charge < -0.3 is 10.2 Å². The number of carbonyl (C=O) groups excluding carboxylic acids is 1. The van der Waals surface area contributed by atoms with Gasteiger partial charge in [-0.3, -0.25) is 9.59 Å². The summed E-state index contributed by atoms with van der Waals surface area (Å²) >= 11 is 6.22. The van der Waals surface area contributed by atoms with Gasteiger partial charge in [-0.05, 0) is 17.7 Å². The highest BCUT2D eigenvalue weighted by atomic mass is 35.5. The highest BCUT2D eigenvalue weighted by molar-refractivity contribution is 6.33. The van der Waals surface area contributed by atoms with Gasteiger partial charge in [0, 0.05) is 22.4 Å². The summed E-state index contributed by atoms with van der Waals surface area (Å²) in [6.45, 7) is 0. The minimum absolute atomic E-state index is 0.0793. The van der Waals surface area contributed by atoms with Crippen LogP contribution >= 0.6 is 11.6 Å². The molecule has 0 aliphatic rings. The molecule has 1 heterocycles. The minimum Gasteiger partial charge on any atom is -0.504 e. The summed E-state index contributed by atoms with van der Waals surface area (Å²) in [6, 6.07) is 14.1. The van der Waals surface area contributed by atoms with Crippen LogP contribution < -0.4 is 0 Å². The largest absolute Gasteiger partial charge is 0.504 e. The maximum absolute atomic E-state index is 12.3. The Morgan fingerprint density at radius 1 is 1.15 bits per heavy atom. The van der Waals surface area contributed by atoms with Crippen LogP contribution in [0, 0.1) is 11.3 Å². The predicted molar refractivity (Wildman–Crippen MR) is 99.8 cm³/mol. The second kappa shape index (κ2) is 7.44. The summed E-state index contributed by atoms with van der Waals surface area (Å²) < 4.78 is 0. The van der Waals surface area contributed by atoms with E-state index in [4.69, 9.17) is 16.7 Å². The van der Waals surface area contributed by atoms with E-state index >= 15 is 0 Å². The first-order valence-corrected chi connectivity index (χ1v) is 8.37. The van der Waals surface area contributed by atoms with Crippen LogP contribution in [0.2, 0.25) is 5.02 Å². The summed E-state index contributed by atoms with van der Waals surface area (Å²) in [5.74, 6) is -2.31. The third kappa shape index (κ3) is 3.59. The van der Waals surface area contributed by atoms with E-state index in [-0.39, 0.29) is 24.1 Å².